The van der Waals surface area contributed by atoms with Crippen LogP contribution in [0.5, 0.6) is 0 Å². The number of nitrogens with two attached hydrogens (primary N) is 2. The van der Waals surface area contributed by atoms with Crippen LogP contribution in [0.1, 0.15) is 5.82 Å². The molecule has 16 heavy (non-hydrogen) atoms. The Balaban J connectivity index is 2.71. The Morgan fingerprint density at radius 2 is 1.69 bits per heavy atom. The van der Waals surface area contributed by atoms with Gasteiger partial charge in [-0.05, 0) is 11.4 Å². The van der Waals surface area contributed by atoms with E-state index in [9.17, 15) is 4.57 Å². The summed E-state index contributed by atoms with van der Waals surface area (Å²) in [5.74, 6) is 0.570. The van der Waals surface area contributed by atoms with Gasteiger partial charge in [-0.3, -0.25) is 0 Å². The summed E-state index contributed by atoms with van der Waals surface area (Å²) in [6.45, 7) is -3.14. The summed E-state index contributed by atoms with van der Waals surface area (Å²) >= 11 is 0.942. The maximum Gasteiger partial charge on any atom is 0.389 e. The molecule has 0 spiro atoms. The summed E-state index contributed by atoms with van der Waals surface area (Å²) in [7, 11) is 2.60. The highest BCUT2D eigenvalue weighted by atomic mass is 32.7. The molecule has 0 radical (unpaired) electrons. The summed E-state index contributed by atoms with van der Waals surface area (Å²) < 4.78 is 21.1. The number of nitrogen functional groups attached to an aromatic ring is 2. The Morgan fingerprint density at radius 1 is 1.19 bits per heavy atom. The first kappa shape index (κ1) is 13.2. The van der Waals surface area contributed by atoms with Crippen LogP contribution in [-0.2, 0) is 19.4 Å². The fourth-order valence-corrected chi connectivity index (χ4v) is 3.05. The van der Waals surface area contributed by atoms with Gasteiger partial charge in [-0.25, -0.2) is 4.57 Å². The predicted molar refractivity (Wildman–Crippen MR) is 61.6 cm³/mol. The van der Waals surface area contributed by atoms with Gasteiger partial charge in [0.1, 0.15) is 5.82 Å². The van der Waals surface area contributed by atoms with Crippen molar-refractivity contribution in [2.75, 3.05) is 25.7 Å². The van der Waals surface area contributed by atoms with E-state index < -0.39 is 6.80 Å². The van der Waals surface area contributed by atoms with E-state index in [0.29, 0.717) is 5.82 Å². The van der Waals surface area contributed by atoms with Crippen LogP contribution in [0.15, 0.2) is 0 Å². The highest BCUT2D eigenvalue weighted by molar-refractivity contribution is 8.54. The van der Waals surface area contributed by atoms with E-state index in [4.69, 9.17) is 20.5 Å². The van der Waals surface area contributed by atoms with E-state index in [-0.39, 0.29) is 17.6 Å². The second kappa shape index (κ2) is 5.44. The Kier molecular flexibility index (Phi) is 4.48. The van der Waals surface area contributed by atoms with E-state index in [2.05, 4.69) is 15.0 Å². The minimum absolute atomic E-state index is 0.0211. The van der Waals surface area contributed by atoms with Gasteiger partial charge in [-0.15, -0.1) is 0 Å². The lowest BCUT2D eigenvalue weighted by Crippen LogP contribution is -2.06. The average molecular weight is 265 g/mol. The van der Waals surface area contributed by atoms with E-state index in [1.807, 2.05) is 0 Å². The smallest absolute Gasteiger partial charge is 0.368 e. The molecule has 1 aromatic rings. The number of hydrogen-bond donors (Lipinski definition) is 2. The molecule has 90 valence electrons. The summed E-state index contributed by atoms with van der Waals surface area (Å²) in [5, 5.41) is 0. The van der Waals surface area contributed by atoms with Gasteiger partial charge in [-0.1, -0.05) is 0 Å². The fraction of sp³-hybridized carbons (Fsp3) is 0.500. The first-order chi connectivity index (χ1) is 7.49. The van der Waals surface area contributed by atoms with Crippen LogP contribution < -0.4 is 11.5 Å². The summed E-state index contributed by atoms with van der Waals surface area (Å²) in [5.41, 5.74) is 10.8. The van der Waals surface area contributed by atoms with Gasteiger partial charge >= 0.3 is 6.80 Å². The molecule has 0 amide bonds. The van der Waals surface area contributed by atoms with Gasteiger partial charge in [0.15, 0.2) is 0 Å². The minimum Gasteiger partial charge on any atom is -0.368 e. The molecule has 8 nitrogen and oxygen atoms in total. The maximum absolute atomic E-state index is 11.7. The Bertz CT molecular complexity index is 389. The van der Waals surface area contributed by atoms with Crippen molar-refractivity contribution in [2.45, 2.75) is 5.75 Å². The van der Waals surface area contributed by atoms with E-state index in [1.165, 1.54) is 14.2 Å². The van der Waals surface area contributed by atoms with E-state index >= 15 is 0 Å². The van der Waals surface area contributed by atoms with Crippen molar-refractivity contribution in [1.82, 2.24) is 15.0 Å². The van der Waals surface area contributed by atoms with Gasteiger partial charge in [0.2, 0.25) is 11.9 Å². The van der Waals surface area contributed by atoms with Crippen molar-refractivity contribution in [3.63, 3.8) is 0 Å². The van der Waals surface area contributed by atoms with Crippen LogP contribution in [0.2, 0.25) is 0 Å². The normalized spacial score (nSPS) is 11.6. The number of nitrogens with zero attached hydrogens (tertiary/aromatic N) is 3. The molecular weight excluding hydrogens is 253 g/mol. The molecule has 1 heterocycles. The Hall–Kier alpha value is -0.890. The molecule has 10 heteroatoms. The van der Waals surface area contributed by atoms with Crippen LogP contribution in [0.3, 0.4) is 0 Å². The molecule has 0 saturated carbocycles. The molecule has 0 unspecified atom stereocenters. The molecule has 4 N–H and O–H groups in total. The van der Waals surface area contributed by atoms with Gasteiger partial charge in [-0.2, -0.15) is 15.0 Å². The molecule has 1 rings (SSSR count). The molecule has 0 aliphatic carbocycles. The van der Waals surface area contributed by atoms with Crippen LogP contribution in [0, 0.1) is 0 Å². The van der Waals surface area contributed by atoms with Gasteiger partial charge in [0.25, 0.3) is 0 Å². The highest BCUT2D eigenvalue weighted by Crippen LogP contribution is 2.60. The number of anilines is 2. The first-order valence-electron chi connectivity index (χ1n) is 4.11. The second-order valence-electron chi connectivity index (χ2n) is 2.55. The summed E-state index contributed by atoms with van der Waals surface area (Å²) in [6.07, 6.45) is 0. The minimum atomic E-state index is -3.14. The summed E-state index contributed by atoms with van der Waals surface area (Å²) in [4.78, 5) is 11.3. The zero-order valence-corrected chi connectivity index (χ0v) is 10.5. The molecule has 0 fully saturated rings. The van der Waals surface area contributed by atoms with E-state index in [1.54, 1.807) is 0 Å². The van der Waals surface area contributed by atoms with Crippen LogP contribution in [-0.4, -0.2) is 29.2 Å². The van der Waals surface area contributed by atoms with Crippen molar-refractivity contribution in [3.05, 3.63) is 5.82 Å². The molecular formula is C6H12N5O3PS. The van der Waals surface area contributed by atoms with Crippen molar-refractivity contribution in [3.8, 4) is 0 Å². The number of aromatic nitrogens is 3. The zero-order valence-electron chi connectivity index (χ0n) is 8.78. The van der Waals surface area contributed by atoms with Crippen molar-refractivity contribution in [2.24, 2.45) is 0 Å². The lowest BCUT2D eigenvalue weighted by atomic mass is 10.7. The predicted octanol–water partition coefficient (Wildman–Crippen LogP) is 0.670. The average Bonchev–Trinajstić information content (AvgIpc) is 2.25. The van der Waals surface area contributed by atoms with Gasteiger partial charge in [0, 0.05) is 14.2 Å². The SMILES string of the molecule is COP(=O)(OC)SCc1nc(N)nc(N)n1. The maximum atomic E-state index is 11.7. The standard InChI is InChI=1S/C6H12N5O3PS/c1-13-15(12,14-2)16-3-4-9-5(7)11-6(8)10-4/h3H2,1-2H3,(H4,7,8,9,10,11). The molecule has 0 aliphatic heterocycles. The largest absolute Gasteiger partial charge is 0.389 e. The fourth-order valence-electron chi connectivity index (χ4n) is 0.838. The lowest BCUT2D eigenvalue weighted by molar-refractivity contribution is 0.295. The van der Waals surface area contributed by atoms with Gasteiger partial charge < -0.3 is 20.5 Å². The Labute approximate surface area is 96.4 Å². The molecule has 0 aliphatic rings. The topological polar surface area (TPSA) is 126 Å². The molecule has 1 aromatic heterocycles. The second-order valence-corrected chi connectivity index (χ2v) is 6.84. The van der Waals surface area contributed by atoms with E-state index in [0.717, 1.165) is 11.4 Å². The van der Waals surface area contributed by atoms with Crippen molar-refractivity contribution < 1.29 is 13.6 Å². The third-order valence-electron chi connectivity index (χ3n) is 1.52. The third kappa shape index (κ3) is 3.60. The number of hydrogen-bond acceptors (Lipinski definition) is 9. The summed E-state index contributed by atoms with van der Waals surface area (Å²) in [6, 6.07) is 0. The number of rotatable bonds is 5. The Morgan fingerprint density at radius 3 is 2.12 bits per heavy atom. The van der Waals surface area contributed by atoms with Gasteiger partial charge in [0.05, 0.1) is 5.75 Å². The lowest BCUT2D eigenvalue weighted by Gasteiger charge is -2.11. The van der Waals surface area contributed by atoms with Crippen LogP contribution in [0.25, 0.3) is 0 Å². The quantitative estimate of drug-likeness (QED) is 0.738. The molecule has 0 saturated heterocycles. The van der Waals surface area contributed by atoms with Crippen molar-refractivity contribution >= 4 is 30.1 Å². The third-order valence-corrected chi connectivity index (χ3v) is 5.34. The molecule has 0 bridgehead atoms. The molecule has 0 aromatic carbocycles. The highest BCUT2D eigenvalue weighted by Gasteiger charge is 2.22. The van der Waals surface area contributed by atoms with Crippen molar-refractivity contribution in [1.29, 1.82) is 0 Å². The van der Waals surface area contributed by atoms with Crippen LogP contribution >= 0.6 is 18.2 Å². The zero-order chi connectivity index (χ0) is 12.2. The van der Waals surface area contributed by atoms with Crippen LogP contribution in [0.4, 0.5) is 11.9 Å². The first-order valence-corrected chi connectivity index (χ1v) is 7.24. The monoisotopic (exact) mass is 265 g/mol. The molecule has 0 atom stereocenters.